The quantitative estimate of drug-likeness (QED) is 0.215. The fourth-order valence-corrected chi connectivity index (χ4v) is 6.50. The van der Waals surface area contributed by atoms with E-state index in [4.69, 9.17) is 15.6 Å². The number of rotatable bonds is 7. The number of amides is 1. The molecule has 0 unspecified atom stereocenters. The van der Waals surface area contributed by atoms with Crippen molar-refractivity contribution in [3.05, 3.63) is 29.7 Å². The summed E-state index contributed by atoms with van der Waals surface area (Å²) in [4.78, 5) is 19.9. The summed E-state index contributed by atoms with van der Waals surface area (Å²) < 4.78 is 24.3. The lowest BCUT2D eigenvalue weighted by Gasteiger charge is -2.33. The summed E-state index contributed by atoms with van der Waals surface area (Å²) in [5, 5.41) is 26.9. The highest BCUT2D eigenvalue weighted by atomic mass is 32.2. The summed E-state index contributed by atoms with van der Waals surface area (Å²) in [7, 11) is 0. The third-order valence-corrected chi connectivity index (χ3v) is 9.53. The van der Waals surface area contributed by atoms with Gasteiger partial charge in [0.25, 0.3) is 0 Å². The van der Waals surface area contributed by atoms with E-state index in [0.717, 1.165) is 53.6 Å². The number of alkyl halides is 1. The van der Waals surface area contributed by atoms with E-state index >= 15 is 0 Å². The lowest BCUT2D eigenvalue weighted by atomic mass is 9.90. The number of carbonyl (C=O) groups is 1. The second kappa shape index (κ2) is 10.4. The van der Waals surface area contributed by atoms with E-state index < -0.39 is 23.2 Å². The zero-order valence-corrected chi connectivity index (χ0v) is 24.1. The smallest absolute Gasteiger partial charge is 0.410 e. The maximum Gasteiger partial charge on any atom is 0.410 e. The lowest BCUT2D eigenvalue weighted by molar-refractivity contribution is 0.0205. The van der Waals surface area contributed by atoms with Crippen LogP contribution in [0.25, 0.3) is 5.65 Å². The van der Waals surface area contributed by atoms with Gasteiger partial charge in [0.2, 0.25) is 0 Å². The number of imidazole rings is 1. The molecule has 0 spiro atoms. The van der Waals surface area contributed by atoms with Gasteiger partial charge in [-0.15, -0.1) is 0 Å². The molecule has 1 saturated heterocycles. The van der Waals surface area contributed by atoms with Crippen LogP contribution in [0.15, 0.2) is 23.4 Å². The van der Waals surface area contributed by atoms with Gasteiger partial charge in [-0.25, -0.2) is 14.2 Å². The second-order valence-electron chi connectivity index (χ2n) is 11.8. The molecule has 3 fully saturated rings. The third-order valence-electron chi connectivity index (χ3n) is 7.53. The van der Waals surface area contributed by atoms with E-state index in [9.17, 15) is 14.4 Å². The predicted molar refractivity (Wildman–Crippen MR) is 151 cm³/mol. The third kappa shape index (κ3) is 5.95. The Morgan fingerprint density at radius 2 is 1.97 bits per heavy atom. The maximum atomic E-state index is 13.5. The molecule has 3 aliphatic rings. The van der Waals surface area contributed by atoms with Gasteiger partial charge in [0.1, 0.15) is 28.4 Å². The second-order valence-corrected chi connectivity index (χ2v) is 13.7. The van der Waals surface area contributed by atoms with Crippen LogP contribution in [0.4, 0.5) is 9.18 Å². The Morgan fingerprint density at radius 3 is 2.54 bits per heavy atom. The van der Waals surface area contributed by atoms with Crippen LogP contribution in [0, 0.1) is 27.6 Å². The number of hydrogen-bond acceptors (Lipinski definition) is 9. The fourth-order valence-electron chi connectivity index (χ4n) is 4.66. The molecule has 3 N–H and O–H groups in total. The van der Waals surface area contributed by atoms with E-state index in [1.165, 1.54) is 11.9 Å². The van der Waals surface area contributed by atoms with E-state index in [0.29, 0.717) is 31.6 Å². The summed E-state index contributed by atoms with van der Waals surface area (Å²) in [5.74, 6) is 0.145. The minimum Gasteiger partial charge on any atom is -0.444 e. The number of nitriles is 1. The largest absolute Gasteiger partial charge is 0.444 e. The van der Waals surface area contributed by atoms with E-state index in [1.807, 2.05) is 31.4 Å². The summed E-state index contributed by atoms with van der Waals surface area (Å²) in [6, 6.07) is 4.31. The lowest BCUT2D eigenvalue weighted by Crippen LogP contribution is -2.41. The minimum atomic E-state index is -0.749. The molecule has 1 aliphatic heterocycles. The van der Waals surface area contributed by atoms with Crippen molar-refractivity contribution in [2.75, 3.05) is 19.8 Å². The molecule has 12 heteroatoms. The van der Waals surface area contributed by atoms with Gasteiger partial charge in [-0.3, -0.25) is 19.9 Å². The van der Waals surface area contributed by atoms with Crippen molar-refractivity contribution in [3.8, 4) is 6.07 Å². The average Bonchev–Trinajstić information content (AvgIpc) is 3.82. The highest BCUT2D eigenvalue weighted by Gasteiger charge is 2.48. The van der Waals surface area contributed by atoms with Crippen molar-refractivity contribution < 1.29 is 13.9 Å². The zero-order chi connectivity index (χ0) is 28.0. The number of pyridine rings is 1. The minimum absolute atomic E-state index is 0.145. The van der Waals surface area contributed by atoms with Gasteiger partial charge >= 0.3 is 6.09 Å². The first-order chi connectivity index (χ1) is 18.5. The van der Waals surface area contributed by atoms with Crippen LogP contribution in [0.2, 0.25) is 0 Å². The van der Waals surface area contributed by atoms with E-state index in [-0.39, 0.29) is 22.1 Å². The highest BCUT2D eigenvalue weighted by Crippen LogP contribution is 2.49. The van der Waals surface area contributed by atoms with Crippen LogP contribution in [0.3, 0.4) is 0 Å². The van der Waals surface area contributed by atoms with Gasteiger partial charge < -0.3 is 9.64 Å². The Morgan fingerprint density at radius 1 is 1.28 bits per heavy atom. The topological polar surface area (TPSA) is 130 Å². The standard InChI is InChI=1S/C27H34FN7O2S2/c1-25(2,3)37-24(36)34-10-4-17(5-11-34)19-12-18(39-33-27(15-28)8-9-27)14-35-20(13-32-22(19)35)21(30)38-23(31)26(16-29)6-7-26/h12-14,17,30-31,33H,4-11,15H2,1-3H3. The van der Waals surface area contributed by atoms with Crippen LogP contribution in [0.1, 0.15) is 76.5 Å². The molecule has 1 amide bonds. The summed E-state index contributed by atoms with van der Waals surface area (Å²) in [5.41, 5.74) is 0.537. The van der Waals surface area contributed by atoms with Gasteiger partial charge in [-0.2, -0.15) is 5.26 Å². The Labute approximate surface area is 236 Å². The number of carbonyl (C=O) groups excluding carboxylic acids is 1. The summed E-state index contributed by atoms with van der Waals surface area (Å²) >= 11 is 2.39. The van der Waals surface area contributed by atoms with Crippen molar-refractivity contribution in [1.29, 1.82) is 16.1 Å². The number of likely N-dealkylation sites (tertiary alicyclic amines) is 1. The van der Waals surface area contributed by atoms with Crippen LogP contribution in [-0.2, 0) is 4.74 Å². The van der Waals surface area contributed by atoms with Crippen LogP contribution < -0.4 is 4.72 Å². The van der Waals surface area contributed by atoms with Crippen molar-refractivity contribution in [1.82, 2.24) is 19.0 Å². The molecule has 0 atom stereocenters. The van der Waals surface area contributed by atoms with Crippen molar-refractivity contribution in [2.24, 2.45) is 5.41 Å². The first-order valence-electron chi connectivity index (χ1n) is 13.2. The van der Waals surface area contributed by atoms with Gasteiger partial charge in [-0.1, -0.05) is 11.8 Å². The van der Waals surface area contributed by atoms with Crippen molar-refractivity contribution in [3.63, 3.8) is 0 Å². The maximum absolute atomic E-state index is 13.5. The number of halogens is 1. The van der Waals surface area contributed by atoms with Crippen LogP contribution >= 0.6 is 23.7 Å². The number of hydrogen-bond donors (Lipinski definition) is 3. The Kier molecular flexibility index (Phi) is 7.45. The van der Waals surface area contributed by atoms with Crippen LogP contribution in [0.5, 0.6) is 0 Å². The highest BCUT2D eigenvalue weighted by molar-refractivity contribution is 8.26. The van der Waals surface area contributed by atoms with Gasteiger partial charge in [0.05, 0.1) is 28.5 Å². The molecular weight excluding hydrogens is 537 g/mol. The molecule has 9 nitrogen and oxygen atoms in total. The summed E-state index contributed by atoms with van der Waals surface area (Å²) in [6.07, 6.45) is 7.65. The SMILES string of the molecule is CC(C)(C)OC(=O)N1CCC(c2cc(SNC3(CF)CC3)cn3c(C(=N)SC(=N)C4(C#N)CC4)cnc23)CC1. The Bertz CT molecular complexity index is 1350. The van der Waals surface area contributed by atoms with Crippen LogP contribution in [-0.4, -0.2) is 61.4 Å². The molecule has 208 valence electrons. The number of fused-ring (bicyclic) bond motifs is 1. The molecule has 2 saturated carbocycles. The molecular formula is C27H34FN7O2S2. The summed E-state index contributed by atoms with van der Waals surface area (Å²) in [6.45, 7) is 6.30. The molecule has 2 aromatic rings. The molecule has 2 aromatic heterocycles. The fraction of sp³-hybridized carbons (Fsp3) is 0.593. The predicted octanol–water partition coefficient (Wildman–Crippen LogP) is 5.89. The molecule has 5 rings (SSSR count). The monoisotopic (exact) mass is 571 g/mol. The van der Waals surface area contributed by atoms with Gasteiger partial charge in [0, 0.05) is 24.2 Å². The molecule has 0 aromatic carbocycles. The number of nitrogens with one attached hydrogen (secondary N) is 3. The number of piperidine rings is 1. The van der Waals surface area contributed by atoms with E-state index in [1.54, 1.807) is 11.1 Å². The van der Waals surface area contributed by atoms with Crippen molar-refractivity contribution in [2.45, 2.75) is 81.2 Å². The first kappa shape index (κ1) is 27.9. The zero-order valence-electron chi connectivity index (χ0n) is 22.5. The number of thioether (sulfide) groups is 1. The Hall–Kier alpha value is -2.62. The average molecular weight is 572 g/mol. The molecule has 2 aliphatic carbocycles. The van der Waals surface area contributed by atoms with Gasteiger partial charge in [-0.05, 0) is 88.8 Å². The Balaban J connectivity index is 1.40. The molecule has 39 heavy (non-hydrogen) atoms. The molecule has 3 heterocycles. The molecule has 0 radical (unpaired) electrons. The van der Waals surface area contributed by atoms with E-state index in [2.05, 4.69) is 21.8 Å². The number of nitrogens with zero attached hydrogens (tertiary/aromatic N) is 4. The van der Waals surface area contributed by atoms with Crippen molar-refractivity contribution >= 4 is 45.5 Å². The number of ether oxygens (including phenoxy) is 1. The first-order valence-corrected chi connectivity index (χ1v) is 14.9. The normalized spacial score (nSPS) is 19.9. The van der Waals surface area contributed by atoms with Gasteiger partial charge in [0.15, 0.2) is 0 Å². The molecule has 0 bridgehead atoms. The number of aromatic nitrogens is 2.